The van der Waals surface area contributed by atoms with Crippen LogP contribution in [0, 0.1) is 0 Å². The summed E-state index contributed by atoms with van der Waals surface area (Å²) in [7, 11) is 0. The molecule has 3 N–H and O–H groups in total. The van der Waals surface area contributed by atoms with E-state index in [4.69, 9.17) is 10.8 Å². The molecule has 86 valence electrons. The van der Waals surface area contributed by atoms with Gasteiger partial charge in [0.25, 0.3) is 0 Å². The van der Waals surface area contributed by atoms with Gasteiger partial charge in [-0.25, -0.2) is 0 Å². The van der Waals surface area contributed by atoms with Crippen molar-refractivity contribution in [1.82, 2.24) is 4.90 Å². The number of carboxylic acid groups (broad SMARTS) is 1. The van der Waals surface area contributed by atoms with Gasteiger partial charge in [-0.05, 0) is 6.42 Å². The van der Waals surface area contributed by atoms with Crippen LogP contribution in [-0.4, -0.2) is 46.7 Å². The average Bonchev–Trinajstić information content (AvgIpc) is 2.46. The maximum absolute atomic E-state index is 12.0. The van der Waals surface area contributed by atoms with Crippen molar-refractivity contribution in [3.05, 3.63) is 0 Å². The first-order chi connectivity index (χ1) is 6.67. The Bertz CT molecular complexity index is 304. The molecule has 1 atom stereocenters. The van der Waals surface area contributed by atoms with E-state index in [1.165, 1.54) is 0 Å². The topological polar surface area (TPSA) is 83.6 Å². The van der Waals surface area contributed by atoms with Crippen LogP contribution in [0.1, 0.15) is 6.42 Å². The number of rotatable bonds is 1. The van der Waals surface area contributed by atoms with Crippen LogP contribution in [0.25, 0.3) is 0 Å². The number of amides is 1. The van der Waals surface area contributed by atoms with Crippen LogP contribution in [0.3, 0.4) is 0 Å². The molecule has 1 unspecified atom stereocenters. The Morgan fingerprint density at radius 3 is 2.27 bits per heavy atom. The van der Waals surface area contributed by atoms with Crippen LogP contribution in [0.5, 0.6) is 0 Å². The number of aliphatic carboxylic acids is 1. The molecule has 0 spiro atoms. The summed E-state index contributed by atoms with van der Waals surface area (Å²) in [5.41, 5.74) is 3.55. The number of hydrogen-bond acceptors (Lipinski definition) is 3. The minimum Gasteiger partial charge on any atom is -0.480 e. The zero-order valence-corrected chi connectivity index (χ0v) is 7.54. The number of halogens is 3. The summed E-state index contributed by atoms with van der Waals surface area (Å²) in [5.74, 6) is -3.45. The van der Waals surface area contributed by atoms with Crippen molar-refractivity contribution < 1.29 is 27.9 Å². The summed E-state index contributed by atoms with van der Waals surface area (Å²) < 4.78 is 35.9. The lowest BCUT2D eigenvalue weighted by molar-refractivity contribution is -0.184. The molecule has 1 heterocycles. The highest BCUT2D eigenvalue weighted by Crippen LogP contribution is 2.25. The second-order valence-corrected chi connectivity index (χ2v) is 3.44. The molecule has 0 aromatic heterocycles. The smallest absolute Gasteiger partial charge is 0.471 e. The van der Waals surface area contributed by atoms with Crippen molar-refractivity contribution in [1.29, 1.82) is 0 Å². The van der Waals surface area contributed by atoms with E-state index < -0.39 is 30.1 Å². The summed E-state index contributed by atoms with van der Waals surface area (Å²) in [6.45, 7) is -0.901. The Morgan fingerprint density at radius 2 is 1.93 bits per heavy atom. The van der Waals surface area contributed by atoms with Crippen LogP contribution >= 0.6 is 0 Å². The molecule has 1 saturated heterocycles. The number of nitrogens with zero attached hydrogens (tertiary/aromatic N) is 1. The Kier molecular flexibility index (Phi) is 2.64. The monoisotopic (exact) mass is 226 g/mol. The van der Waals surface area contributed by atoms with Gasteiger partial charge in [0.15, 0.2) is 0 Å². The van der Waals surface area contributed by atoms with Gasteiger partial charge in [-0.15, -0.1) is 0 Å². The number of carbonyl (C=O) groups excluding carboxylic acids is 1. The number of likely N-dealkylation sites (tertiary alicyclic amines) is 1. The van der Waals surface area contributed by atoms with Gasteiger partial charge in [-0.3, -0.25) is 9.59 Å². The quantitative estimate of drug-likeness (QED) is 0.635. The largest absolute Gasteiger partial charge is 0.480 e. The first kappa shape index (κ1) is 11.8. The van der Waals surface area contributed by atoms with E-state index in [0.29, 0.717) is 4.90 Å². The zero-order valence-electron chi connectivity index (χ0n) is 7.54. The maximum Gasteiger partial charge on any atom is 0.471 e. The Balaban J connectivity index is 2.73. The number of alkyl halides is 3. The van der Waals surface area contributed by atoms with Gasteiger partial charge >= 0.3 is 18.1 Å². The van der Waals surface area contributed by atoms with Crippen LogP contribution in [0.4, 0.5) is 13.2 Å². The predicted molar refractivity (Wildman–Crippen MR) is 41.8 cm³/mol. The Labute approximate surface area is 82.6 Å². The molecule has 0 radical (unpaired) electrons. The summed E-state index contributed by atoms with van der Waals surface area (Å²) >= 11 is 0. The van der Waals surface area contributed by atoms with Crippen LogP contribution in [0.2, 0.25) is 0 Å². The molecule has 1 aliphatic heterocycles. The molecule has 1 amide bonds. The minimum absolute atomic E-state index is 0.176. The fourth-order valence-corrected chi connectivity index (χ4v) is 1.36. The third-order valence-electron chi connectivity index (χ3n) is 2.26. The highest BCUT2D eigenvalue weighted by molar-refractivity contribution is 5.85. The van der Waals surface area contributed by atoms with E-state index in [1.807, 2.05) is 0 Å². The zero-order chi connectivity index (χ0) is 11.9. The lowest BCUT2D eigenvalue weighted by Crippen LogP contribution is -2.51. The van der Waals surface area contributed by atoms with E-state index in [9.17, 15) is 22.8 Å². The van der Waals surface area contributed by atoms with Crippen molar-refractivity contribution >= 4 is 11.9 Å². The molecule has 0 aliphatic carbocycles. The van der Waals surface area contributed by atoms with E-state index in [2.05, 4.69) is 0 Å². The second-order valence-electron chi connectivity index (χ2n) is 3.44. The fourth-order valence-electron chi connectivity index (χ4n) is 1.36. The molecule has 0 aromatic carbocycles. The number of nitrogens with two attached hydrogens (primary N) is 1. The standard InChI is InChI=1S/C7H9F3N2O3/c8-7(9,10)4(13)12-2-1-6(11,3-12)5(14)15/h1-3,11H2,(H,14,15). The highest BCUT2D eigenvalue weighted by atomic mass is 19.4. The van der Waals surface area contributed by atoms with E-state index in [1.54, 1.807) is 0 Å². The van der Waals surface area contributed by atoms with Gasteiger partial charge in [0.05, 0.1) is 0 Å². The number of hydrogen-bond donors (Lipinski definition) is 2. The lowest BCUT2D eigenvalue weighted by atomic mass is 10.0. The Hall–Kier alpha value is -1.31. The minimum atomic E-state index is -4.98. The van der Waals surface area contributed by atoms with E-state index >= 15 is 0 Å². The third-order valence-corrected chi connectivity index (χ3v) is 2.26. The van der Waals surface area contributed by atoms with Gasteiger partial charge in [0, 0.05) is 13.1 Å². The fraction of sp³-hybridized carbons (Fsp3) is 0.714. The van der Waals surface area contributed by atoms with Gasteiger partial charge in [-0.1, -0.05) is 0 Å². The molecule has 15 heavy (non-hydrogen) atoms. The van der Waals surface area contributed by atoms with Crippen LogP contribution in [0.15, 0.2) is 0 Å². The molecule has 1 fully saturated rings. The maximum atomic E-state index is 12.0. The van der Waals surface area contributed by atoms with Crippen molar-refractivity contribution in [2.24, 2.45) is 5.73 Å². The molecular weight excluding hydrogens is 217 g/mol. The summed E-state index contributed by atoms with van der Waals surface area (Å²) in [6, 6.07) is 0. The van der Waals surface area contributed by atoms with Gasteiger partial charge in [0.1, 0.15) is 5.54 Å². The first-order valence-electron chi connectivity index (χ1n) is 4.05. The van der Waals surface area contributed by atoms with Gasteiger partial charge in [-0.2, -0.15) is 13.2 Å². The molecule has 1 rings (SSSR count). The van der Waals surface area contributed by atoms with Crippen molar-refractivity contribution in [3.8, 4) is 0 Å². The molecule has 0 saturated carbocycles. The van der Waals surface area contributed by atoms with E-state index in [0.717, 1.165) is 0 Å². The van der Waals surface area contributed by atoms with Crippen molar-refractivity contribution in [2.45, 2.75) is 18.1 Å². The van der Waals surface area contributed by atoms with Crippen LogP contribution < -0.4 is 5.73 Å². The van der Waals surface area contributed by atoms with Crippen molar-refractivity contribution in [3.63, 3.8) is 0 Å². The summed E-state index contributed by atoms with van der Waals surface area (Å²) in [5, 5.41) is 8.63. The SMILES string of the molecule is NC1(C(=O)O)CCN(C(=O)C(F)(F)F)C1. The van der Waals surface area contributed by atoms with E-state index in [-0.39, 0.29) is 13.0 Å². The van der Waals surface area contributed by atoms with Gasteiger partial charge in [0.2, 0.25) is 0 Å². The summed E-state index contributed by atoms with van der Waals surface area (Å²) in [4.78, 5) is 21.7. The highest BCUT2D eigenvalue weighted by Gasteiger charge is 2.49. The molecule has 0 bridgehead atoms. The predicted octanol–water partition coefficient (Wildman–Crippen LogP) is -0.437. The number of carboxylic acids is 1. The molecule has 8 heteroatoms. The van der Waals surface area contributed by atoms with Gasteiger partial charge < -0.3 is 15.7 Å². The molecule has 0 aromatic rings. The van der Waals surface area contributed by atoms with Crippen LogP contribution in [-0.2, 0) is 9.59 Å². The first-order valence-corrected chi connectivity index (χ1v) is 4.05. The Morgan fingerprint density at radius 1 is 1.40 bits per heavy atom. The molecule has 1 aliphatic rings. The van der Waals surface area contributed by atoms with Crippen molar-refractivity contribution in [2.75, 3.05) is 13.1 Å². The third kappa shape index (κ3) is 2.20. The average molecular weight is 226 g/mol. The normalized spacial score (nSPS) is 26.8. The second kappa shape index (κ2) is 3.37. The number of carbonyl (C=O) groups is 2. The summed E-state index contributed by atoms with van der Waals surface area (Å²) in [6.07, 6.45) is -5.16. The molecular formula is C7H9F3N2O3. The lowest BCUT2D eigenvalue weighted by Gasteiger charge is -2.20. The molecule has 5 nitrogen and oxygen atoms in total.